The first-order chi connectivity index (χ1) is 11.2. The summed E-state index contributed by atoms with van der Waals surface area (Å²) in [4.78, 5) is 0. The van der Waals surface area contributed by atoms with Crippen LogP contribution in [0.25, 0.3) is 0 Å². The van der Waals surface area contributed by atoms with E-state index in [9.17, 15) is 0 Å². The Morgan fingerprint density at radius 3 is 2.70 bits per heavy atom. The molecule has 0 bridgehead atoms. The van der Waals surface area contributed by atoms with Gasteiger partial charge >= 0.3 is 0 Å². The molecule has 23 heavy (non-hydrogen) atoms. The normalized spacial score (nSPS) is 24.7. The molecule has 2 nitrogen and oxygen atoms in total. The molecule has 0 saturated heterocycles. The molecule has 3 atom stereocenters. The molecule has 1 heterocycles. The number of methoxy groups -OCH3 is 1. The highest BCUT2D eigenvalue weighted by atomic mass is 35.5. The predicted octanol–water partition coefficient (Wildman–Crippen LogP) is 5.83. The van der Waals surface area contributed by atoms with Gasteiger partial charge in [0.25, 0.3) is 0 Å². The highest BCUT2D eigenvalue weighted by Gasteiger charge is 2.40. The minimum atomic E-state index is 0.148. The third kappa shape index (κ3) is 2.32. The van der Waals surface area contributed by atoms with Gasteiger partial charge in [-0.2, -0.15) is 0 Å². The van der Waals surface area contributed by atoms with E-state index in [1.165, 1.54) is 0 Å². The van der Waals surface area contributed by atoms with E-state index in [1.807, 2.05) is 30.3 Å². The molecule has 118 valence electrons. The van der Waals surface area contributed by atoms with E-state index in [4.69, 9.17) is 27.9 Å². The van der Waals surface area contributed by atoms with Gasteiger partial charge in [-0.15, -0.1) is 0 Å². The molecule has 1 aliphatic carbocycles. The van der Waals surface area contributed by atoms with Crippen molar-refractivity contribution < 1.29 is 4.74 Å². The quantitative estimate of drug-likeness (QED) is 0.691. The Morgan fingerprint density at radius 1 is 1.09 bits per heavy atom. The van der Waals surface area contributed by atoms with Gasteiger partial charge < -0.3 is 10.1 Å². The van der Waals surface area contributed by atoms with Crippen molar-refractivity contribution in [3.63, 3.8) is 0 Å². The highest BCUT2D eigenvalue weighted by molar-refractivity contribution is 6.36. The van der Waals surface area contributed by atoms with Gasteiger partial charge in [-0.05, 0) is 30.5 Å². The summed E-state index contributed by atoms with van der Waals surface area (Å²) >= 11 is 12.9. The van der Waals surface area contributed by atoms with Gasteiger partial charge in [0.05, 0.1) is 23.9 Å². The Kier molecular flexibility index (Phi) is 3.74. The zero-order valence-electron chi connectivity index (χ0n) is 12.7. The van der Waals surface area contributed by atoms with E-state index < -0.39 is 0 Å². The minimum absolute atomic E-state index is 0.148. The minimum Gasteiger partial charge on any atom is -0.496 e. The lowest BCUT2D eigenvalue weighted by Gasteiger charge is -2.38. The Bertz CT molecular complexity index is 787. The van der Waals surface area contributed by atoms with E-state index in [-0.39, 0.29) is 12.0 Å². The number of anilines is 1. The van der Waals surface area contributed by atoms with Crippen molar-refractivity contribution in [2.24, 2.45) is 5.92 Å². The summed E-state index contributed by atoms with van der Waals surface area (Å²) in [6.45, 7) is 0. The van der Waals surface area contributed by atoms with Crippen LogP contribution < -0.4 is 10.1 Å². The number of para-hydroxylation sites is 1. The third-order valence-electron chi connectivity index (χ3n) is 4.89. The second-order valence-electron chi connectivity index (χ2n) is 6.04. The Hall–Kier alpha value is -1.64. The maximum atomic E-state index is 6.48. The molecule has 2 aromatic rings. The molecule has 0 unspecified atom stereocenters. The average molecular weight is 346 g/mol. The lowest BCUT2D eigenvalue weighted by atomic mass is 9.77. The van der Waals surface area contributed by atoms with Crippen LogP contribution in [0.1, 0.15) is 29.5 Å². The smallest absolute Gasteiger partial charge is 0.124 e. The van der Waals surface area contributed by atoms with Crippen LogP contribution in [0.4, 0.5) is 5.69 Å². The fourth-order valence-electron chi connectivity index (χ4n) is 3.86. The molecule has 4 heteroatoms. The van der Waals surface area contributed by atoms with Gasteiger partial charge in [-0.25, -0.2) is 0 Å². The summed E-state index contributed by atoms with van der Waals surface area (Å²) in [5.41, 5.74) is 3.22. The van der Waals surface area contributed by atoms with Gasteiger partial charge in [0, 0.05) is 22.1 Å². The molecule has 2 aliphatic rings. The maximum Gasteiger partial charge on any atom is 0.124 e. The van der Waals surface area contributed by atoms with E-state index in [0.29, 0.717) is 10.9 Å². The zero-order chi connectivity index (χ0) is 16.0. The molecule has 4 rings (SSSR count). The zero-order valence-corrected chi connectivity index (χ0v) is 14.2. The van der Waals surface area contributed by atoms with E-state index in [1.54, 1.807) is 7.11 Å². The van der Waals surface area contributed by atoms with Crippen molar-refractivity contribution in [3.05, 3.63) is 69.7 Å². The van der Waals surface area contributed by atoms with Gasteiger partial charge in [0.1, 0.15) is 5.75 Å². The second kappa shape index (κ2) is 5.77. The van der Waals surface area contributed by atoms with Crippen LogP contribution >= 0.6 is 23.2 Å². The van der Waals surface area contributed by atoms with Crippen LogP contribution in [0.15, 0.2) is 48.6 Å². The van der Waals surface area contributed by atoms with Crippen LogP contribution in [0, 0.1) is 5.92 Å². The SMILES string of the molecule is COc1ccccc1[C@@H]1Nc2c(Cl)ccc(Cl)c2[C@@H]2C=CC[C@H]21. The lowest BCUT2D eigenvalue weighted by Crippen LogP contribution is -2.29. The van der Waals surface area contributed by atoms with Crippen molar-refractivity contribution >= 4 is 28.9 Å². The van der Waals surface area contributed by atoms with Gasteiger partial charge in [0.2, 0.25) is 0 Å². The molecule has 2 aromatic carbocycles. The van der Waals surface area contributed by atoms with Crippen LogP contribution in [-0.2, 0) is 0 Å². The molecular formula is C19H17Cl2NO. The number of rotatable bonds is 2. The van der Waals surface area contributed by atoms with Crippen molar-refractivity contribution in [2.45, 2.75) is 18.4 Å². The number of ether oxygens (including phenoxy) is 1. The predicted molar refractivity (Wildman–Crippen MR) is 95.8 cm³/mol. The Labute approximate surface area is 146 Å². The van der Waals surface area contributed by atoms with Crippen molar-refractivity contribution in [1.82, 2.24) is 0 Å². The summed E-state index contributed by atoms with van der Waals surface area (Å²) in [7, 11) is 1.71. The number of hydrogen-bond acceptors (Lipinski definition) is 2. The number of fused-ring (bicyclic) bond motifs is 3. The largest absolute Gasteiger partial charge is 0.496 e. The lowest BCUT2D eigenvalue weighted by molar-refractivity contribution is 0.381. The number of allylic oxidation sites excluding steroid dienone is 2. The first kappa shape index (κ1) is 14.9. The highest BCUT2D eigenvalue weighted by Crippen LogP contribution is 2.54. The number of benzene rings is 2. The molecule has 0 amide bonds. The van der Waals surface area contributed by atoms with Gasteiger partial charge in [0.15, 0.2) is 0 Å². The Balaban J connectivity index is 1.87. The summed E-state index contributed by atoms with van der Waals surface area (Å²) in [5, 5.41) is 5.12. The summed E-state index contributed by atoms with van der Waals surface area (Å²) < 4.78 is 5.57. The summed E-state index contributed by atoms with van der Waals surface area (Å²) in [6, 6.07) is 12.1. The van der Waals surface area contributed by atoms with Crippen LogP contribution in [0.3, 0.4) is 0 Å². The van der Waals surface area contributed by atoms with Gasteiger partial charge in [-0.3, -0.25) is 0 Å². The average Bonchev–Trinajstić information content (AvgIpc) is 3.06. The number of hydrogen-bond donors (Lipinski definition) is 1. The first-order valence-electron chi connectivity index (χ1n) is 7.74. The molecule has 1 N–H and O–H groups in total. The van der Waals surface area contributed by atoms with E-state index in [0.717, 1.165) is 34.0 Å². The first-order valence-corrected chi connectivity index (χ1v) is 8.50. The fourth-order valence-corrected chi connectivity index (χ4v) is 4.36. The standard InChI is InChI=1S/C19H17Cl2NO/c1-23-16-8-3-2-5-13(16)18-12-7-4-6-11(12)17-14(20)9-10-15(21)19(17)22-18/h2-6,8-12,18,22H,7H2,1H3/t11-,12-,18-/m1/s1. The summed E-state index contributed by atoms with van der Waals surface area (Å²) in [6.07, 6.45) is 5.52. The molecule has 0 fully saturated rings. The molecule has 0 aromatic heterocycles. The van der Waals surface area contributed by atoms with Crippen LogP contribution in [0.5, 0.6) is 5.75 Å². The molecule has 1 aliphatic heterocycles. The number of halogens is 2. The van der Waals surface area contributed by atoms with Crippen molar-refractivity contribution in [3.8, 4) is 5.75 Å². The third-order valence-corrected chi connectivity index (χ3v) is 5.53. The van der Waals surface area contributed by atoms with E-state index >= 15 is 0 Å². The molecule has 0 spiro atoms. The second-order valence-corrected chi connectivity index (χ2v) is 6.85. The summed E-state index contributed by atoms with van der Waals surface area (Å²) in [5.74, 6) is 1.60. The van der Waals surface area contributed by atoms with E-state index in [2.05, 4.69) is 23.5 Å². The van der Waals surface area contributed by atoms with Crippen LogP contribution in [0.2, 0.25) is 10.0 Å². The fraction of sp³-hybridized carbons (Fsp3) is 0.263. The Morgan fingerprint density at radius 2 is 1.87 bits per heavy atom. The van der Waals surface area contributed by atoms with Gasteiger partial charge in [-0.1, -0.05) is 53.6 Å². The molecule has 0 radical (unpaired) electrons. The van der Waals surface area contributed by atoms with Crippen molar-refractivity contribution in [1.29, 1.82) is 0 Å². The molecular weight excluding hydrogens is 329 g/mol. The number of nitrogens with one attached hydrogen (secondary N) is 1. The monoisotopic (exact) mass is 345 g/mol. The maximum absolute atomic E-state index is 6.48. The topological polar surface area (TPSA) is 21.3 Å². The molecule has 0 saturated carbocycles. The van der Waals surface area contributed by atoms with Crippen molar-refractivity contribution in [2.75, 3.05) is 12.4 Å². The van der Waals surface area contributed by atoms with Crippen LogP contribution in [-0.4, -0.2) is 7.11 Å².